The van der Waals surface area contributed by atoms with Gasteiger partial charge >= 0.3 is 0 Å². The Balaban J connectivity index is 1.60. The van der Waals surface area contributed by atoms with Gasteiger partial charge in [-0.05, 0) is 66.4 Å². The van der Waals surface area contributed by atoms with E-state index >= 15 is 0 Å². The first-order valence-electron chi connectivity index (χ1n) is 11.4. The highest BCUT2D eigenvalue weighted by Crippen LogP contribution is 2.32. The first-order chi connectivity index (χ1) is 16.7. The Bertz CT molecular complexity index is 1240. The molecule has 3 aromatic rings. The maximum Gasteiger partial charge on any atom is 0.251 e. The maximum absolute atomic E-state index is 12.6. The summed E-state index contributed by atoms with van der Waals surface area (Å²) in [5, 5.41) is 2.84. The summed E-state index contributed by atoms with van der Waals surface area (Å²) in [6.07, 6.45) is 2.14. The van der Waals surface area contributed by atoms with Crippen LogP contribution >= 0.6 is 0 Å². The summed E-state index contributed by atoms with van der Waals surface area (Å²) >= 11 is 0. The van der Waals surface area contributed by atoms with E-state index in [4.69, 9.17) is 9.47 Å². The van der Waals surface area contributed by atoms with Gasteiger partial charge in [-0.15, -0.1) is 0 Å². The smallest absolute Gasteiger partial charge is 0.251 e. The Labute approximate surface area is 207 Å². The molecule has 7 nitrogen and oxygen atoms in total. The van der Waals surface area contributed by atoms with E-state index in [1.807, 2.05) is 37.3 Å². The van der Waals surface area contributed by atoms with Crippen LogP contribution in [0.3, 0.4) is 0 Å². The first-order valence-corrected chi connectivity index (χ1v) is 13.3. The van der Waals surface area contributed by atoms with Crippen LogP contribution in [0.1, 0.15) is 34.0 Å². The van der Waals surface area contributed by atoms with Crippen molar-refractivity contribution in [3.8, 4) is 11.5 Å². The summed E-state index contributed by atoms with van der Waals surface area (Å²) in [4.78, 5) is 12.5. The Hall–Kier alpha value is -3.52. The third-order valence-corrected chi connectivity index (χ3v) is 6.66. The van der Waals surface area contributed by atoms with Crippen LogP contribution in [-0.2, 0) is 23.0 Å². The zero-order valence-electron chi connectivity index (χ0n) is 20.6. The number of hydrogen-bond acceptors (Lipinski definition) is 5. The molecule has 186 valence electrons. The number of ether oxygens (including phenoxy) is 2. The van der Waals surface area contributed by atoms with Crippen molar-refractivity contribution in [3.63, 3.8) is 0 Å². The van der Waals surface area contributed by atoms with Crippen molar-refractivity contribution in [2.45, 2.75) is 26.8 Å². The van der Waals surface area contributed by atoms with Crippen LogP contribution < -0.4 is 19.1 Å². The number of nitrogens with one attached hydrogen (secondary N) is 1. The zero-order valence-corrected chi connectivity index (χ0v) is 21.4. The number of nitrogens with zero attached hydrogens (tertiary/aromatic N) is 1. The van der Waals surface area contributed by atoms with Crippen molar-refractivity contribution in [3.05, 3.63) is 89.0 Å². The molecule has 0 fully saturated rings. The van der Waals surface area contributed by atoms with Crippen molar-refractivity contribution in [1.82, 2.24) is 5.32 Å². The second-order valence-corrected chi connectivity index (χ2v) is 10.2. The van der Waals surface area contributed by atoms with Gasteiger partial charge in [0.1, 0.15) is 18.1 Å². The molecule has 0 aromatic heterocycles. The molecule has 0 unspecified atom stereocenters. The topological polar surface area (TPSA) is 84.9 Å². The summed E-state index contributed by atoms with van der Waals surface area (Å²) in [6, 6.07) is 20.2. The molecule has 0 saturated heterocycles. The van der Waals surface area contributed by atoms with Crippen molar-refractivity contribution in [2.75, 3.05) is 30.8 Å². The van der Waals surface area contributed by atoms with Crippen molar-refractivity contribution in [2.24, 2.45) is 0 Å². The van der Waals surface area contributed by atoms with Crippen LogP contribution in [0.5, 0.6) is 11.5 Å². The highest BCUT2D eigenvalue weighted by Gasteiger charge is 2.22. The third-order valence-electron chi connectivity index (χ3n) is 5.53. The van der Waals surface area contributed by atoms with E-state index in [2.05, 4.69) is 12.2 Å². The number of amides is 1. The monoisotopic (exact) mass is 496 g/mol. The molecule has 0 aliphatic heterocycles. The largest absolute Gasteiger partial charge is 0.495 e. The normalized spacial score (nSPS) is 11.1. The number of carbonyl (C=O) groups excluding carboxylic acids is 1. The molecule has 0 aliphatic rings. The average molecular weight is 497 g/mol. The standard InChI is InChI=1S/C27H32N2O5S/c1-5-21-9-13-24(14-10-21)34-17-16-28-27(30)23-11-7-22(8-12-23)19-29(35(4,31)32)25-18-20(2)6-15-26(25)33-3/h6-15,18H,5,16-17,19H2,1-4H3,(H,28,30). The van der Waals surface area contributed by atoms with Crippen molar-refractivity contribution >= 4 is 21.6 Å². The molecular formula is C27H32N2O5S. The van der Waals surface area contributed by atoms with Gasteiger partial charge in [-0.3, -0.25) is 9.10 Å². The van der Waals surface area contributed by atoms with E-state index in [0.29, 0.717) is 30.2 Å². The highest BCUT2D eigenvalue weighted by atomic mass is 32.2. The van der Waals surface area contributed by atoms with Crippen molar-refractivity contribution in [1.29, 1.82) is 0 Å². The van der Waals surface area contributed by atoms with Gasteiger partial charge in [0.05, 0.1) is 32.1 Å². The number of anilines is 1. The molecule has 0 radical (unpaired) electrons. The minimum atomic E-state index is -3.57. The van der Waals surface area contributed by atoms with Crippen LogP contribution in [0.25, 0.3) is 0 Å². The van der Waals surface area contributed by atoms with E-state index < -0.39 is 10.0 Å². The van der Waals surface area contributed by atoms with Crippen LogP contribution in [0.2, 0.25) is 0 Å². The summed E-state index contributed by atoms with van der Waals surface area (Å²) in [5.74, 6) is 1.02. The molecule has 0 heterocycles. The van der Waals surface area contributed by atoms with Gasteiger partial charge in [0, 0.05) is 5.56 Å². The van der Waals surface area contributed by atoms with E-state index in [9.17, 15) is 13.2 Å². The number of aryl methyl sites for hydroxylation is 2. The van der Waals surface area contributed by atoms with Gasteiger partial charge < -0.3 is 14.8 Å². The van der Waals surface area contributed by atoms with Gasteiger partial charge in [-0.1, -0.05) is 37.3 Å². The molecule has 8 heteroatoms. The molecule has 3 rings (SSSR count). The Morgan fingerprint density at radius 1 is 0.971 bits per heavy atom. The fraction of sp³-hybridized carbons (Fsp3) is 0.296. The zero-order chi connectivity index (χ0) is 25.4. The average Bonchev–Trinajstić information content (AvgIpc) is 2.85. The van der Waals surface area contributed by atoms with Gasteiger partial charge in [0.25, 0.3) is 5.91 Å². The summed E-state index contributed by atoms with van der Waals surface area (Å²) in [5.41, 5.74) is 3.87. The second-order valence-electron chi connectivity index (χ2n) is 8.24. The number of methoxy groups -OCH3 is 1. The lowest BCUT2D eigenvalue weighted by molar-refractivity contribution is 0.0947. The van der Waals surface area contributed by atoms with Crippen LogP contribution in [-0.4, -0.2) is 40.8 Å². The maximum atomic E-state index is 12.6. The Kier molecular flexibility index (Phi) is 8.76. The molecule has 0 saturated carbocycles. The van der Waals surface area contributed by atoms with Crippen LogP contribution in [0.4, 0.5) is 5.69 Å². The van der Waals surface area contributed by atoms with Gasteiger partial charge in [0.15, 0.2) is 0 Å². The number of sulfonamides is 1. The molecule has 35 heavy (non-hydrogen) atoms. The Morgan fingerprint density at radius 2 is 1.63 bits per heavy atom. The Morgan fingerprint density at radius 3 is 2.23 bits per heavy atom. The molecule has 0 aliphatic carbocycles. The molecular weight excluding hydrogens is 464 g/mol. The minimum Gasteiger partial charge on any atom is -0.495 e. The number of benzene rings is 3. The fourth-order valence-corrected chi connectivity index (χ4v) is 4.44. The lowest BCUT2D eigenvalue weighted by atomic mass is 10.1. The van der Waals surface area contributed by atoms with E-state index in [-0.39, 0.29) is 12.5 Å². The SMILES string of the molecule is CCc1ccc(OCCNC(=O)c2ccc(CN(c3cc(C)ccc3OC)S(C)(=O)=O)cc2)cc1. The molecule has 0 spiro atoms. The van der Waals surface area contributed by atoms with Gasteiger partial charge in [0.2, 0.25) is 10.0 Å². The van der Waals surface area contributed by atoms with Crippen LogP contribution in [0.15, 0.2) is 66.7 Å². The van der Waals surface area contributed by atoms with Crippen LogP contribution in [0, 0.1) is 6.92 Å². The lowest BCUT2D eigenvalue weighted by Gasteiger charge is -2.25. The van der Waals surface area contributed by atoms with E-state index in [1.165, 1.54) is 17.0 Å². The summed E-state index contributed by atoms with van der Waals surface area (Å²) in [7, 11) is -2.06. The van der Waals surface area contributed by atoms with E-state index in [0.717, 1.165) is 29.6 Å². The number of hydrogen-bond donors (Lipinski definition) is 1. The van der Waals surface area contributed by atoms with E-state index in [1.54, 1.807) is 36.4 Å². The van der Waals surface area contributed by atoms with Gasteiger partial charge in [-0.25, -0.2) is 8.42 Å². The molecule has 1 N–H and O–H groups in total. The minimum absolute atomic E-state index is 0.116. The first kappa shape index (κ1) is 26.1. The predicted octanol–water partition coefficient (Wildman–Crippen LogP) is 4.34. The quantitative estimate of drug-likeness (QED) is 0.399. The summed E-state index contributed by atoms with van der Waals surface area (Å²) < 4.78 is 37.5. The molecule has 1 amide bonds. The second kappa shape index (κ2) is 11.8. The summed E-state index contributed by atoms with van der Waals surface area (Å²) in [6.45, 7) is 4.83. The van der Waals surface area contributed by atoms with Crippen molar-refractivity contribution < 1.29 is 22.7 Å². The molecule has 0 bridgehead atoms. The fourth-order valence-electron chi connectivity index (χ4n) is 3.56. The number of carbonyl (C=O) groups is 1. The molecule has 3 aromatic carbocycles. The predicted molar refractivity (Wildman–Crippen MR) is 139 cm³/mol. The molecule has 0 atom stereocenters. The number of rotatable bonds is 11. The van der Waals surface area contributed by atoms with Gasteiger partial charge in [-0.2, -0.15) is 0 Å². The third kappa shape index (κ3) is 7.23. The highest BCUT2D eigenvalue weighted by molar-refractivity contribution is 7.92. The lowest BCUT2D eigenvalue weighted by Crippen LogP contribution is -2.30.